The number of aliphatic hydroxyl groups excluding tert-OH is 1. The molecule has 0 amide bonds. The van der Waals surface area contributed by atoms with Crippen molar-refractivity contribution in [2.75, 3.05) is 31.7 Å². The van der Waals surface area contributed by atoms with Crippen LogP contribution in [0, 0.1) is 0 Å². The molecular weight excluding hydrogens is 204 g/mol. The second-order valence-electron chi connectivity index (χ2n) is 3.37. The number of hydrogen-bond donors (Lipinski definition) is 1. The minimum Gasteiger partial charge on any atom is -0.390 e. The zero-order chi connectivity index (χ0) is 11.8. The van der Waals surface area contributed by atoms with Crippen LogP contribution < -0.4 is 4.90 Å². The summed E-state index contributed by atoms with van der Waals surface area (Å²) in [7, 11) is 1.67. The van der Waals surface area contributed by atoms with Crippen LogP contribution in [0.1, 0.15) is 5.69 Å². The molecule has 0 aliphatic rings. The summed E-state index contributed by atoms with van der Waals surface area (Å²) in [5, 5.41) is 9.02. The molecule has 0 saturated carbocycles. The van der Waals surface area contributed by atoms with Crippen LogP contribution in [0.5, 0.6) is 0 Å². The highest BCUT2D eigenvalue weighted by Crippen LogP contribution is 2.11. The highest BCUT2D eigenvalue weighted by molar-refractivity contribution is 5.39. The van der Waals surface area contributed by atoms with Crippen LogP contribution in [0.25, 0.3) is 0 Å². The van der Waals surface area contributed by atoms with Gasteiger partial charge in [0.15, 0.2) is 0 Å². The van der Waals surface area contributed by atoms with Crippen molar-refractivity contribution >= 4 is 5.82 Å². The molecule has 0 aromatic carbocycles. The van der Waals surface area contributed by atoms with Crippen molar-refractivity contribution < 1.29 is 9.84 Å². The Morgan fingerprint density at radius 2 is 2.38 bits per heavy atom. The first kappa shape index (κ1) is 12.7. The summed E-state index contributed by atoms with van der Waals surface area (Å²) in [4.78, 5) is 6.39. The molecule has 0 saturated heterocycles. The third-order valence-corrected chi connectivity index (χ3v) is 2.19. The number of ether oxygens (including phenoxy) is 1. The number of anilines is 1. The Bertz CT molecular complexity index is 329. The molecule has 0 radical (unpaired) electrons. The van der Waals surface area contributed by atoms with Gasteiger partial charge in [-0.3, -0.25) is 0 Å². The van der Waals surface area contributed by atoms with Gasteiger partial charge in [0.25, 0.3) is 0 Å². The van der Waals surface area contributed by atoms with Gasteiger partial charge in [0.1, 0.15) is 5.82 Å². The molecule has 1 rings (SSSR count). The Morgan fingerprint density at radius 3 is 3.00 bits per heavy atom. The maximum Gasteiger partial charge on any atom is 0.129 e. The number of pyridine rings is 1. The number of rotatable bonds is 7. The van der Waals surface area contributed by atoms with Crippen molar-refractivity contribution in [3.05, 3.63) is 36.5 Å². The summed E-state index contributed by atoms with van der Waals surface area (Å²) in [6.07, 6.45) is 1.82. The average Bonchev–Trinajstić information content (AvgIpc) is 2.34. The van der Waals surface area contributed by atoms with Gasteiger partial charge in [-0.25, -0.2) is 4.98 Å². The molecule has 0 unspecified atom stereocenters. The molecule has 0 atom stereocenters. The molecule has 4 heteroatoms. The summed E-state index contributed by atoms with van der Waals surface area (Å²) in [5.74, 6) is 0.837. The number of aliphatic hydroxyl groups is 1. The molecule has 1 heterocycles. The second-order valence-corrected chi connectivity index (χ2v) is 3.37. The Labute approximate surface area is 96.2 Å². The smallest absolute Gasteiger partial charge is 0.129 e. The van der Waals surface area contributed by atoms with Crippen LogP contribution in [-0.2, 0) is 11.3 Å². The number of methoxy groups -OCH3 is 1. The van der Waals surface area contributed by atoms with E-state index in [1.165, 1.54) is 0 Å². The van der Waals surface area contributed by atoms with E-state index in [0.29, 0.717) is 18.8 Å². The molecule has 0 spiro atoms. The largest absolute Gasteiger partial charge is 0.390 e. The third kappa shape index (κ3) is 3.64. The first-order chi connectivity index (χ1) is 7.81. The number of nitrogens with zero attached hydrogens (tertiary/aromatic N) is 2. The minimum absolute atomic E-state index is 0.0416. The van der Waals surface area contributed by atoms with E-state index in [-0.39, 0.29) is 6.61 Å². The number of hydrogen-bond acceptors (Lipinski definition) is 4. The fraction of sp³-hybridized carbons (Fsp3) is 0.417. The van der Waals surface area contributed by atoms with E-state index < -0.39 is 0 Å². The van der Waals surface area contributed by atoms with E-state index in [2.05, 4.69) is 16.5 Å². The Kier molecular flexibility index (Phi) is 5.53. The molecular formula is C12H18N2O2. The van der Waals surface area contributed by atoms with Gasteiger partial charge < -0.3 is 14.7 Å². The highest BCUT2D eigenvalue weighted by Gasteiger charge is 2.06. The predicted molar refractivity (Wildman–Crippen MR) is 64.4 cm³/mol. The lowest BCUT2D eigenvalue weighted by Crippen LogP contribution is -2.28. The SMILES string of the molecule is C=CCN(CCOC)c1cccc(CO)n1. The van der Waals surface area contributed by atoms with Crippen LogP contribution in [-0.4, -0.2) is 36.9 Å². The maximum atomic E-state index is 9.02. The van der Waals surface area contributed by atoms with Gasteiger partial charge in [-0.1, -0.05) is 12.1 Å². The van der Waals surface area contributed by atoms with Gasteiger partial charge in [0, 0.05) is 20.2 Å². The molecule has 1 aromatic rings. The standard InChI is InChI=1S/C12H18N2O2/c1-3-7-14(8-9-16-2)12-6-4-5-11(10-15)13-12/h3-6,15H,1,7-10H2,2H3. The monoisotopic (exact) mass is 222 g/mol. The quantitative estimate of drug-likeness (QED) is 0.704. The second kappa shape index (κ2) is 6.98. The van der Waals surface area contributed by atoms with Crippen LogP contribution in [0.2, 0.25) is 0 Å². The summed E-state index contributed by atoms with van der Waals surface area (Å²) >= 11 is 0. The normalized spacial score (nSPS) is 10.1. The van der Waals surface area contributed by atoms with Crippen LogP contribution in [0.15, 0.2) is 30.9 Å². The molecule has 16 heavy (non-hydrogen) atoms. The molecule has 0 aliphatic heterocycles. The zero-order valence-corrected chi connectivity index (χ0v) is 9.59. The molecule has 0 bridgehead atoms. The molecule has 1 aromatic heterocycles. The van der Waals surface area contributed by atoms with Crippen molar-refractivity contribution in [3.8, 4) is 0 Å². The lowest BCUT2D eigenvalue weighted by Gasteiger charge is -2.22. The van der Waals surface area contributed by atoms with Gasteiger partial charge in [-0.15, -0.1) is 6.58 Å². The first-order valence-electron chi connectivity index (χ1n) is 5.23. The Morgan fingerprint density at radius 1 is 1.56 bits per heavy atom. The maximum absolute atomic E-state index is 9.02. The van der Waals surface area contributed by atoms with Crippen molar-refractivity contribution in [3.63, 3.8) is 0 Å². The fourth-order valence-electron chi connectivity index (χ4n) is 1.39. The van der Waals surface area contributed by atoms with Gasteiger partial charge in [-0.2, -0.15) is 0 Å². The first-order valence-corrected chi connectivity index (χ1v) is 5.23. The van der Waals surface area contributed by atoms with E-state index in [1.807, 2.05) is 18.2 Å². The number of aromatic nitrogens is 1. The molecule has 1 N–H and O–H groups in total. The average molecular weight is 222 g/mol. The Hall–Kier alpha value is -1.39. The van der Waals surface area contributed by atoms with Crippen LogP contribution in [0.3, 0.4) is 0 Å². The molecule has 0 aliphatic carbocycles. The lowest BCUT2D eigenvalue weighted by atomic mass is 10.3. The molecule has 4 nitrogen and oxygen atoms in total. The lowest BCUT2D eigenvalue weighted by molar-refractivity contribution is 0.205. The summed E-state index contributed by atoms with van der Waals surface area (Å²) in [6, 6.07) is 5.60. The minimum atomic E-state index is -0.0416. The van der Waals surface area contributed by atoms with Crippen LogP contribution >= 0.6 is 0 Å². The predicted octanol–water partition coefficient (Wildman–Crippen LogP) is 1.21. The van der Waals surface area contributed by atoms with E-state index in [0.717, 1.165) is 12.4 Å². The van der Waals surface area contributed by atoms with Crippen molar-refractivity contribution in [1.29, 1.82) is 0 Å². The van der Waals surface area contributed by atoms with E-state index >= 15 is 0 Å². The van der Waals surface area contributed by atoms with Crippen molar-refractivity contribution in [1.82, 2.24) is 4.98 Å². The zero-order valence-electron chi connectivity index (χ0n) is 9.59. The third-order valence-electron chi connectivity index (χ3n) is 2.19. The van der Waals surface area contributed by atoms with Crippen molar-refractivity contribution in [2.45, 2.75) is 6.61 Å². The van der Waals surface area contributed by atoms with Gasteiger partial charge >= 0.3 is 0 Å². The summed E-state index contributed by atoms with van der Waals surface area (Å²) in [6.45, 7) is 5.78. The summed E-state index contributed by atoms with van der Waals surface area (Å²) < 4.78 is 5.04. The molecule has 0 fully saturated rings. The highest BCUT2D eigenvalue weighted by atomic mass is 16.5. The Balaban J connectivity index is 2.77. The topological polar surface area (TPSA) is 45.6 Å². The van der Waals surface area contributed by atoms with Crippen molar-refractivity contribution in [2.24, 2.45) is 0 Å². The van der Waals surface area contributed by atoms with Gasteiger partial charge in [-0.05, 0) is 12.1 Å². The van der Waals surface area contributed by atoms with E-state index in [1.54, 1.807) is 13.2 Å². The van der Waals surface area contributed by atoms with E-state index in [9.17, 15) is 0 Å². The fourth-order valence-corrected chi connectivity index (χ4v) is 1.39. The molecule has 88 valence electrons. The van der Waals surface area contributed by atoms with Gasteiger partial charge in [0.05, 0.1) is 18.9 Å². The van der Waals surface area contributed by atoms with Gasteiger partial charge in [0.2, 0.25) is 0 Å². The van der Waals surface area contributed by atoms with E-state index in [4.69, 9.17) is 9.84 Å². The van der Waals surface area contributed by atoms with Crippen LogP contribution in [0.4, 0.5) is 5.82 Å². The summed E-state index contributed by atoms with van der Waals surface area (Å²) in [5.41, 5.74) is 0.670.